The third kappa shape index (κ3) is 3.35. The molecule has 0 saturated heterocycles. The van der Waals surface area contributed by atoms with Crippen LogP contribution in [0.1, 0.15) is 26.4 Å². The Balaban J connectivity index is 2.47. The minimum absolute atomic E-state index is 0.0553. The molecule has 8 nitrogen and oxygen atoms in total. The smallest absolute Gasteiger partial charge is 0.339 e. The summed E-state index contributed by atoms with van der Waals surface area (Å²) in [5.41, 5.74) is -0.132. The summed E-state index contributed by atoms with van der Waals surface area (Å²) < 4.78 is 35.8. The molecule has 2 rings (SSSR count). The van der Waals surface area contributed by atoms with Gasteiger partial charge in [0.25, 0.3) is 15.9 Å². The van der Waals surface area contributed by atoms with E-state index in [1.54, 1.807) is 0 Å². The van der Waals surface area contributed by atoms with Crippen LogP contribution in [0.15, 0.2) is 33.9 Å². The van der Waals surface area contributed by atoms with Crippen LogP contribution in [-0.4, -0.2) is 32.6 Å². The Labute approximate surface area is 136 Å². The van der Waals surface area contributed by atoms with E-state index in [1.165, 1.54) is 25.1 Å². The number of nitrogens with one attached hydrogen (secondary N) is 1. The second kappa shape index (κ2) is 6.39. The predicted molar refractivity (Wildman–Crippen MR) is 78.7 cm³/mol. The summed E-state index contributed by atoms with van der Waals surface area (Å²) in [4.78, 5) is 23.2. The lowest BCUT2D eigenvalue weighted by molar-refractivity contribution is 0.0596. The van der Waals surface area contributed by atoms with Gasteiger partial charge in [-0.1, -0.05) is 22.8 Å². The summed E-state index contributed by atoms with van der Waals surface area (Å²) in [7, 11) is -3.32. The number of halogens is 1. The summed E-state index contributed by atoms with van der Waals surface area (Å²) in [5.74, 6) is -1.86. The van der Waals surface area contributed by atoms with Crippen molar-refractivity contribution in [1.82, 2.24) is 9.88 Å². The molecule has 0 aliphatic rings. The monoisotopic (exact) mass is 358 g/mol. The van der Waals surface area contributed by atoms with Gasteiger partial charge in [-0.15, -0.1) is 0 Å². The van der Waals surface area contributed by atoms with E-state index in [1.807, 2.05) is 4.72 Å². The Kier molecular flexibility index (Phi) is 4.71. The molecule has 23 heavy (non-hydrogen) atoms. The maximum atomic E-state index is 12.4. The number of esters is 1. The number of sulfonamides is 1. The summed E-state index contributed by atoms with van der Waals surface area (Å²) in [6, 6.07) is 3.89. The minimum Gasteiger partial charge on any atom is -0.465 e. The third-order valence-electron chi connectivity index (χ3n) is 2.86. The van der Waals surface area contributed by atoms with Crippen molar-refractivity contribution >= 4 is 33.5 Å². The number of hydrogen-bond acceptors (Lipinski definition) is 7. The van der Waals surface area contributed by atoms with E-state index in [0.717, 1.165) is 13.4 Å². The molecule has 0 atom stereocenters. The molecule has 1 N–H and O–H groups in total. The van der Waals surface area contributed by atoms with Gasteiger partial charge >= 0.3 is 5.97 Å². The number of nitrogens with zero attached hydrogens (tertiary/aromatic N) is 1. The molecule has 0 unspecified atom stereocenters. The lowest BCUT2D eigenvalue weighted by Crippen LogP contribution is -2.32. The minimum atomic E-state index is -4.42. The van der Waals surface area contributed by atoms with Crippen LogP contribution in [0, 0.1) is 6.92 Å². The first-order valence-corrected chi connectivity index (χ1v) is 7.99. The van der Waals surface area contributed by atoms with Crippen molar-refractivity contribution in [3.05, 3.63) is 46.3 Å². The SMILES string of the molecule is COC(=O)c1cccc(Cl)c1S(=O)(=O)NC(=O)c1conc1C. The highest BCUT2D eigenvalue weighted by molar-refractivity contribution is 7.90. The number of rotatable bonds is 4. The Morgan fingerprint density at radius 3 is 2.57 bits per heavy atom. The number of carbonyl (C=O) groups is 2. The third-order valence-corrected chi connectivity index (χ3v) is 4.72. The van der Waals surface area contributed by atoms with Gasteiger partial charge in [0, 0.05) is 0 Å². The highest BCUT2D eigenvalue weighted by atomic mass is 35.5. The summed E-state index contributed by atoms with van der Waals surface area (Å²) in [6.07, 6.45) is 1.01. The molecule has 0 radical (unpaired) electrons. The van der Waals surface area contributed by atoms with Gasteiger partial charge in [-0.05, 0) is 19.1 Å². The van der Waals surface area contributed by atoms with Gasteiger partial charge in [-0.2, -0.15) is 0 Å². The van der Waals surface area contributed by atoms with E-state index in [9.17, 15) is 18.0 Å². The molecular formula is C13H11ClN2O6S. The van der Waals surface area contributed by atoms with Crippen LogP contribution in [0.4, 0.5) is 0 Å². The first kappa shape index (κ1) is 17.0. The highest BCUT2D eigenvalue weighted by Crippen LogP contribution is 2.26. The summed E-state index contributed by atoms with van der Waals surface area (Å²) >= 11 is 5.89. The summed E-state index contributed by atoms with van der Waals surface area (Å²) in [5, 5.41) is 3.26. The normalized spacial score (nSPS) is 11.1. The fourth-order valence-corrected chi connectivity index (χ4v) is 3.49. The Bertz CT molecular complexity index is 874. The zero-order valence-corrected chi connectivity index (χ0v) is 13.6. The fourth-order valence-electron chi connectivity index (χ4n) is 1.79. The number of hydrogen-bond donors (Lipinski definition) is 1. The Hall–Kier alpha value is -2.39. The highest BCUT2D eigenvalue weighted by Gasteiger charge is 2.29. The van der Waals surface area contributed by atoms with Crippen LogP contribution in [0.5, 0.6) is 0 Å². The molecule has 1 aromatic heterocycles. The second-order valence-electron chi connectivity index (χ2n) is 4.36. The molecule has 0 aliphatic heterocycles. The van der Waals surface area contributed by atoms with Crippen molar-refractivity contribution in [1.29, 1.82) is 0 Å². The largest absolute Gasteiger partial charge is 0.465 e. The molecular weight excluding hydrogens is 348 g/mol. The topological polar surface area (TPSA) is 116 Å². The van der Waals surface area contributed by atoms with Crippen LogP contribution in [0.25, 0.3) is 0 Å². The zero-order valence-electron chi connectivity index (χ0n) is 12.0. The van der Waals surface area contributed by atoms with E-state index in [4.69, 9.17) is 11.6 Å². The van der Waals surface area contributed by atoms with Gasteiger partial charge < -0.3 is 9.26 Å². The van der Waals surface area contributed by atoms with Gasteiger partial charge in [0.1, 0.15) is 16.7 Å². The second-order valence-corrected chi connectivity index (χ2v) is 6.38. The van der Waals surface area contributed by atoms with Crippen molar-refractivity contribution in [3.8, 4) is 0 Å². The lowest BCUT2D eigenvalue weighted by atomic mass is 10.2. The van der Waals surface area contributed by atoms with Crippen molar-refractivity contribution in [3.63, 3.8) is 0 Å². The van der Waals surface area contributed by atoms with E-state index in [-0.39, 0.29) is 21.8 Å². The van der Waals surface area contributed by atoms with Crippen molar-refractivity contribution in [2.45, 2.75) is 11.8 Å². The molecule has 0 aliphatic carbocycles. The molecule has 0 saturated carbocycles. The molecule has 122 valence electrons. The van der Waals surface area contributed by atoms with E-state index >= 15 is 0 Å². The fraction of sp³-hybridized carbons (Fsp3) is 0.154. The van der Waals surface area contributed by atoms with Crippen LogP contribution < -0.4 is 4.72 Å². The zero-order chi connectivity index (χ0) is 17.2. The number of ether oxygens (including phenoxy) is 1. The number of methoxy groups -OCH3 is 1. The summed E-state index contributed by atoms with van der Waals surface area (Å²) in [6.45, 7) is 1.47. The van der Waals surface area contributed by atoms with Gasteiger partial charge in [-0.25, -0.2) is 17.9 Å². The predicted octanol–water partition coefficient (Wildman–Crippen LogP) is 1.54. The number of amides is 1. The van der Waals surface area contributed by atoms with Gasteiger partial charge in [-0.3, -0.25) is 4.79 Å². The van der Waals surface area contributed by atoms with E-state index < -0.39 is 26.8 Å². The van der Waals surface area contributed by atoms with E-state index in [0.29, 0.717) is 0 Å². The van der Waals surface area contributed by atoms with Crippen molar-refractivity contribution in [2.24, 2.45) is 0 Å². The molecule has 0 fully saturated rings. The molecule has 1 amide bonds. The van der Waals surface area contributed by atoms with Crippen LogP contribution in [0.2, 0.25) is 5.02 Å². The van der Waals surface area contributed by atoms with Gasteiger partial charge in [0.2, 0.25) is 0 Å². The standard InChI is InChI=1S/C13H11ClN2O6S/c1-7-9(6-22-15-7)12(17)16-23(19,20)11-8(13(18)21-2)4-3-5-10(11)14/h3-6H,1-2H3,(H,16,17). The molecule has 0 bridgehead atoms. The first-order chi connectivity index (χ1) is 10.8. The lowest BCUT2D eigenvalue weighted by Gasteiger charge is -2.11. The first-order valence-electron chi connectivity index (χ1n) is 6.13. The van der Waals surface area contributed by atoms with Crippen LogP contribution >= 0.6 is 11.6 Å². The molecule has 2 aromatic rings. The Morgan fingerprint density at radius 1 is 1.30 bits per heavy atom. The molecule has 10 heteroatoms. The molecule has 0 spiro atoms. The van der Waals surface area contributed by atoms with Crippen molar-refractivity contribution < 1.29 is 27.3 Å². The average molecular weight is 359 g/mol. The molecule has 1 aromatic carbocycles. The number of aromatic nitrogens is 1. The number of aryl methyl sites for hydroxylation is 1. The van der Waals surface area contributed by atoms with Crippen molar-refractivity contribution in [2.75, 3.05) is 7.11 Å². The van der Waals surface area contributed by atoms with Gasteiger partial charge in [0.05, 0.1) is 23.4 Å². The van der Waals surface area contributed by atoms with Crippen LogP contribution in [-0.2, 0) is 14.8 Å². The maximum absolute atomic E-state index is 12.4. The average Bonchev–Trinajstić information content (AvgIpc) is 2.91. The van der Waals surface area contributed by atoms with E-state index in [2.05, 4.69) is 14.4 Å². The van der Waals surface area contributed by atoms with Gasteiger partial charge in [0.15, 0.2) is 0 Å². The Morgan fingerprint density at radius 2 is 2.00 bits per heavy atom. The number of carbonyl (C=O) groups excluding carboxylic acids is 2. The van der Waals surface area contributed by atoms with Crippen LogP contribution in [0.3, 0.4) is 0 Å². The maximum Gasteiger partial charge on any atom is 0.339 e. The quantitative estimate of drug-likeness (QED) is 0.824. The number of benzene rings is 1. The molecule has 1 heterocycles.